The van der Waals surface area contributed by atoms with Crippen molar-refractivity contribution in [3.05, 3.63) is 35.4 Å². The summed E-state index contributed by atoms with van der Waals surface area (Å²) in [6, 6.07) is 6.92. The Balaban J connectivity index is 2.20. The standard InChI is InChI=1S/C13H18N2O3S/c1-15(11-6-7-19(17,18)9-11)13(16)12-5-3-2-4-10(12)8-14/h2-5,11H,6-9,14H2,1H3. The Hall–Kier alpha value is -1.40. The van der Waals surface area contributed by atoms with Gasteiger partial charge >= 0.3 is 0 Å². The van der Waals surface area contributed by atoms with E-state index in [0.29, 0.717) is 18.5 Å². The van der Waals surface area contributed by atoms with E-state index in [0.717, 1.165) is 5.56 Å². The molecule has 6 heteroatoms. The average molecular weight is 282 g/mol. The van der Waals surface area contributed by atoms with E-state index in [1.165, 1.54) is 4.90 Å². The first kappa shape index (κ1) is 14.0. The van der Waals surface area contributed by atoms with Crippen LogP contribution in [0.15, 0.2) is 24.3 Å². The van der Waals surface area contributed by atoms with Crippen LogP contribution in [0.5, 0.6) is 0 Å². The highest BCUT2D eigenvalue weighted by Gasteiger charge is 2.33. The van der Waals surface area contributed by atoms with E-state index in [9.17, 15) is 13.2 Å². The van der Waals surface area contributed by atoms with Crippen LogP contribution in [0.25, 0.3) is 0 Å². The van der Waals surface area contributed by atoms with Gasteiger partial charge in [-0.3, -0.25) is 4.79 Å². The maximum absolute atomic E-state index is 12.4. The summed E-state index contributed by atoms with van der Waals surface area (Å²) in [6.45, 7) is 0.290. The third-order valence-corrected chi connectivity index (χ3v) is 5.29. The van der Waals surface area contributed by atoms with Crippen LogP contribution < -0.4 is 5.73 Å². The zero-order valence-electron chi connectivity index (χ0n) is 10.9. The van der Waals surface area contributed by atoms with E-state index in [2.05, 4.69) is 0 Å². The zero-order valence-corrected chi connectivity index (χ0v) is 11.7. The topological polar surface area (TPSA) is 80.5 Å². The van der Waals surface area contributed by atoms with Crippen LogP contribution in [-0.4, -0.2) is 43.8 Å². The molecule has 0 saturated carbocycles. The van der Waals surface area contributed by atoms with Gasteiger partial charge < -0.3 is 10.6 Å². The number of carbonyl (C=O) groups is 1. The van der Waals surface area contributed by atoms with Crippen LogP contribution in [-0.2, 0) is 16.4 Å². The Morgan fingerprint density at radius 3 is 2.68 bits per heavy atom. The number of amides is 1. The van der Waals surface area contributed by atoms with Crippen LogP contribution in [0.3, 0.4) is 0 Å². The molecule has 0 spiro atoms. The Bertz CT molecular complexity index is 583. The summed E-state index contributed by atoms with van der Waals surface area (Å²) in [4.78, 5) is 13.9. The molecule has 0 aromatic heterocycles. The van der Waals surface area contributed by atoms with E-state index >= 15 is 0 Å². The number of nitrogens with zero attached hydrogens (tertiary/aromatic N) is 1. The molecule has 1 saturated heterocycles. The van der Waals surface area contributed by atoms with E-state index in [-0.39, 0.29) is 23.5 Å². The highest BCUT2D eigenvalue weighted by molar-refractivity contribution is 7.91. The first-order valence-corrected chi connectivity index (χ1v) is 8.02. The number of rotatable bonds is 3. The van der Waals surface area contributed by atoms with E-state index in [1.807, 2.05) is 12.1 Å². The smallest absolute Gasteiger partial charge is 0.254 e. The molecule has 0 aliphatic carbocycles. The SMILES string of the molecule is CN(C(=O)c1ccccc1CN)C1CCS(=O)(=O)C1. The quantitative estimate of drug-likeness (QED) is 0.870. The maximum atomic E-state index is 12.4. The fourth-order valence-corrected chi connectivity index (χ4v) is 4.12. The first-order chi connectivity index (χ1) is 8.94. The van der Waals surface area contributed by atoms with E-state index in [4.69, 9.17) is 5.73 Å². The monoisotopic (exact) mass is 282 g/mol. The molecule has 1 unspecified atom stereocenters. The second-order valence-electron chi connectivity index (χ2n) is 4.83. The molecule has 19 heavy (non-hydrogen) atoms. The summed E-state index contributed by atoms with van der Waals surface area (Å²) in [5.74, 6) is 0.0524. The number of sulfone groups is 1. The lowest BCUT2D eigenvalue weighted by atomic mass is 10.1. The molecule has 5 nitrogen and oxygen atoms in total. The van der Waals surface area contributed by atoms with Gasteiger partial charge in [-0.05, 0) is 18.1 Å². The highest BCUT2D eigenvalue weighted by atomic mass is 32.2. The van der Waals surface area contributed by atoms with Crippen molar-refractivity contribution < 1.29 is 13.2 Å². The Morgan fingerprint density at radius 1 is 1.42 bits per heavy atom. The fourth-order valence-electron chi connectivity index (χ4n) is 2.34. The highest BCUT2D eigenvalue weighted by Crippen LogP contribution is 2.19. The predicted molar refractivity (Wildman–Crippen MR) is 73.5 cm³/mol. The van der Waals surface area contributed by atoms with Crippen molar-refractivity contribution in [3.63, 3.8) is 0 Å². The lowest BCUT2D eigenvalue weighted by Gasteiger charge is -2.24. The molecule has 1 aliphatic heterocycles. The van der Waals surface area contributed by atoms with Gasteiger partial charge in [-0.2, -0.15) is 0 Å². The molecular weight excluding hydrogens is 264 g/mol. The van der Waals surface area contributed by atoms with Gasteiger partial charge in [0.05, 0.1) is 11.5 Å². The first-order valence-electron chi connectivity index (χ1n) is 6.20. The van der Waals surface area contributed by atoms with E-state index in [1.54, 1.807) is 19.2 Å². The van der Waals surface area contributed by atoms with Gasteiger partial charge in [0.15, 0.2) is 9.84 Å². The number of carbonyl (C=O) groups excluding carboxylic acids is 1. The molecule has 1 atom stereocenters. The second kappa shape index (κ2) is 5.30. The fraction of sp³-hybridized carbons (Fsp3) is 0.462. The van der Waals surface area contributed by atoms with Gasteiger partial charge in [0, 0.05) is 25.2 Å². The maximum Gasteiger partial charge on any atom is 0.254 e. The van der Waals surface area contributed by atoms with Gasteiger partial charge in [-0.15, -0.1) is 0 Å². The van der Waals surface area contributed by atoms with Gasteiger partial charge in [-0.1, -0.05) is 18.2 Å². The molecule has 2 rings (SSSR count). The Kier molecular flexibility index (Phi) is 3.91. The molecule has 0 bridgehead atoms. The van der Waals surface area contributed by atoms with Gasteiger partial charge in [0.1, 0.15) is 0 Å². The van der Waals surface area contributed by atoms with E-state index < -0.39 is 9.84 Å². The number of hydrogen-bond donors (Lipinski definition) is 1. The molecule has 1 aromatic rings. The Morgan fingerprint density at radius 2 is 2.11 bits per heavy atom. The summed E-state index contributed by atoms with van der Waals surface area (Å²) in [6.07, 6.45) is 0.509. The van der Waals surface area contributed by atoms with Crippen molar-refractivity contribution in [1.29, 1.82) is 0 Å². The lowest BCUT2D eigenvalue weighted by Crippen LogP contribution is -2.38. The van der Waals surface area contributed by atoms with Crippen molar-refractivity contribution >= 4 is 15.7 Å². The molecule has 1 aliphatic rings. The van der Waals surface area contributed by atoms with Gasteiger partial charge in [0.25, 0.3) is 5.91 Å². The third kappa shape index (κ3) is 2.96. The van der Waals surface area contributed by atoms with Crippen LogP contribution in [0.2, 0.25) is 0 Å². The summed E-state index contributed by atoms with van der Waals surface area (Å²) in [5, 5.41) is 0. The molecule has 104 valence electrons. The summed E-state index contributed by atoms with van der Waals surface area (Å²) in [5.41, 5.74) is 6.95. The predicted octanol–water partition coefficient (Wildman–Crippen LogP) is 0.404. The number of hydrogen-bond acceptors (Lipinski definition) is 4. The second-order valence-corrected chi connectivity index (χ2v) is 7.06. The minimum Gasteiger partial charge on any atom is -0.338 e. The van der Waals surface area contributed by atoms with Gasteiger partial charge in [-0.25, -0.2) is 8.42 Å². The summed E-state index contributed by atoms with van der Waals surface area (Å²) >= 11 is 0. The minimum absolute atomic E-state index is 0.0556. The van der Waals surface area contributed by atoms with Crippen molar-refractivity contribution in [2.24, 2.45) is 5.73 Å². The molecule has 1 amide bonds. The van der Waals surface area contributed by atoms with Crippen LogP contribution in [0.4, 0.5) is 0 Å². The summed E-state index contributed by atoms with van der Waals surface area (Å²) < 4.78 is 22.9. The zero-order chi connectivity index (χ0) is 14.0. The largest absolute Gasteiger partial charge is 0.338 e. The molecule has 2 N–H and O–H groups in total. The van der Waals surface area contributed by atoms with Crippen LogP contribution in [0.1, 0.15) is 22.3 Å². The van der Waals surface area contributed by atoms with Crippen molar-refractivity contribution in [2.75, 3.05) is 18.6 Å². The molecular formula is C13H18N2O3S. The van der Waals surface area contributed by atoms with Crippen molar-refractivity contribution in [3.8, 4) is 0 Å². The molecule has 1 aromatic carbocycles. The molecule has 1 heterocycles. The average Bonchev–Trinajstić information content (AvgIpc) is 2.77. The molecule has 0 radical (unpaired) electrons. The number of benzene rings is 1. The van der Waals surface area contributed by atoms with Crippen LogP contribution >= 0.6 is 0 Å². The van der Waals surface area contributed by atoms with Crippen molar-refractivity contribution in [2.45, 2.75) is 19.0 Å². The van der Waals surface area contributed by atoms with Crippen LogP contribution in [0, 0.1) is 0 Å². The Labute approximate surface area is 113 Å². The molecule has 1 fully saturated rings. The van der Waals surface area contributed by atoms with Gasteiger partial charge in [0.2, 0.25) is 0 Å². The summed E-state index contributed by atoms with van der Waals surface area (Å²) in [7, 11) is -1.34. The third-order valence-electron chi connectivity index (χ3n) is 3.54. The normalized spacial score (nSPS) is 21.3. The van der Waals surface area contributed by atoms with Crippen molar-refractivity contribution in [1.82, 2.24) is 4.90 Å². The lowest BCUT2D eigenvalue weighted by molar-refractivity contribution is 0.0746. The number of nitrogens with two attached hydrogens (primary N) is 1. The minimum atomic E-state index is -2.99.